The highest BCUT2D eigenvalue weighted by atomic mass is 35.5. The van der Waals surface area contributed by atoms with E-state index in [9.17, 15) is 0 Å². The monoisotopic (exact) mass is 265 g/mol. The van der Waals surface area contributed by atoms with Crippen LogP contribution in [0.5, 0.6) is 0 Å². The fourth-order valence-corrected chi connectivity index (χ4v) is 1.93. The highest BCUT2D eigenvalue weighted by Crippen LogP contribution is 2.26. The molecule has 3 heterocycles. The lowest BCUT2D eigenvalue weighted by Gasteiger charge is -2.01. The van der Waals surface area contributed by atoms with Gasteiger partial charge in [-0.05, 0) is 6.07 Å². The summed E-state index contributed by atoms with van der Waals surface area (Å²) in [6.07, 6.45) is 6.51. The van der Waals surface area contributed by atoms with Gasteiger partial charge in [-0.1, -0.05) is 23.2 Å². The van der Waals surface area contributed by atoms with E-state index in [0.29, 0.717) is 21.6 Å². The third-order valence-electron chi connectivity index (χ3n) is 2.30. The number of aromatic nitrogens is 5. The molecule has 0 fully saturated rings. The van der Waals surface area contributed by atoms with Gasteiger partial charge in [0.1, 0.15) is 0 Å². The standard InChI is InChI=1S/C10H5Cl2N5/c11-7-5-13-2-1-6(7)9-15-16-10-8(12)14-3-4-17(9)10/h1-5H. The molecule has 0 aliphatic heterocycles. The third kappa shape index (κ3) is 1.64. The lowest BCUT2D eigenvalue weighted by Crippen LogP contribution is -1.91. The Bertz CT molecular complexity index is 694. The third-order valence-corrected chi connectivity index (χ3v) is 2.87. The first-order valence-electron chi connectivity index (χ1n) is 4.72. The second-order valence-electron chi connectivity index (χ2n) is 3.29. The van der Waals surface area contributed by atoms with Gasteiger partial charge in [0.25, 0.3) is 0 Å². The van der Waals surface area contributed by atoms with E-state index in [1.165, 1.54) is 0 Å². The summed E-state index contributed by atoms with van der Waals surface area (Å²) in [6.45, 7) is 0. The second-order valence-corrected chi connectivity index (χ2v) is 4.06. The molecule has 3 aromatic heterocycles. The minimum absolute atomic E-state index is 0.302. The van der Waals surface area contributed by atoms with Crippen molar-refractivity contribution in [3.05, 3.63) is 41.0 Å². The Hall–Kier alpha value is -1.72. The van der Waals surface area contributed by atoms with Crippen molar-refractivity contribution in [2.24, 2.45) is 0 Å². The van der Waals surface area contributed by atoms with Crippen molar-refractivity contribution < 1.29 is 0 Å². The van der Waals surface area contributed by atoms with E-state index in [1.54, 1.807) is 35.3 Å². The SMILES string of the molecule is Clc1cnccc1-c1nnc2c(Cl)nccn12. The van der Waals surface area contributed by atoms with Crippen LogP contribution in [0.3, 0.4) is 0 Å². The molecule has 0 bridgehead atoms. The van der Waals surface area contributed by atoms with Crippen LogP contribution in [-0.2, 0) is 0 Å². The van der Waals surface area contributed by atoms with Crippen LogP contribution in [0.25, 0.3) is 17.0 Å². The summed E-state index contributed by atoms with van der Waals surface area (Å²) in [6, 6.07) is 1.77. The van der Waals surface area contributed by atoms with Crippen LogP contribution in [0.1, 0.15) is 0 Å². The molecule has 0 radical (unpaired) electrons. The lowest BCUT2D eigenvalue weighted by atomic mass is 10.2. The molecule has 5 nitrogen and oxygen atoms in total. The van der Waals surface area contributed by atoms with E-state index in [1.807, 2.05) is 0 Å². The highest BCUT2D eigenvalue weighted by molar-refractivity contribution is 6.33. The number of hydrogen-bond acceptors (Lipinski definition) is 4. The fraction of sp³-hybridized carbons (Fsp3) is 0. The first-order chi connectivity index (χ1) is 8.27. The lowest BCUT2D eigenvalue weighted by molar-refractivity contribution is 1.11. The Morgan fingerprint density at radius 1 is 1.12 bits per heavy atom. The molecule has 17 heavy (non-hydrogen) atoms. The van der Waals surface area contributed by atoms with Crippen LogP contribution < -0.4 is 0 Å². The Labute approximate surface area is 106 Å². The van der Waals surface area contributed by atoms with Crippen molar-refractivity contribution in [2.75, 3.05) is 0 Å². The largest absolute Gasteiger partial charge is 0.278 e. The van der Waals surface area contributed by atoms with E-state index in [0.717, 1.165) is 5.56 Å². The smallest absolute Gasteiger partial charge is 0.198 e. The van der Waals surface area contributed by atoms with Crippen molar-refractivity contribution in [3.63, 3.8) is 0 Å². The van der Waals surface area contributed by atoms with Crippen LogP contribution in [0, 0.1) is 0 Å². The molecule has 3 aromatic rings. The maximum absolute atomic E-state index is 6.06. The Balaban J connectivity index is 2.33. The average Bonchev–Trinajstić information content (AvgIpc) is 2.75. The molecule has 0 atom stereocenters. The van der Waals surface area contributed by atoms with Gasteiger partial charge in [0, 0.05) is 30.4 Å². The van der Waals surface area contributed by atoms with Gasteiger partial charge < -0.3 is 0 Å². The van der Waals surface area contributed by atoms with E-state index in [2.05, 4.69) is 20.2 Å². The summed E-state index contributed by atoms with van der Waals surface area (Å²) in [5.41, 5.74) is 1.24. The molecular weight excluding hydrogens is 261 g/mol. The minimum Gasteiger partial charge on any atom is -0.278 e. The Morgan fingerprint density at radius 3 is 2.82 bits per heavy atom. The second kappa shape index (κ2) is 3.94. The summed E-state index contributed by atoms with van der Waals surface area (Å²) >= 11 is 12.0. The zero-order valence-corrected chi connectivity index (χ0v) is 9.89. The number of pyridine rings is 1. The number of rotatable bonds is 1. The Kier molecular flexibility index (Phi) is 2.42. The van der Waals surface area contributed by atoms with Gasteiger partial charge >= 0.3 is 0 Å². The molecule has 0 aromatic carbocycles. The van der Waals surface area contributed by atoms with Crippen molar-refractivity contribution >= 4 is 28.8 Å². The van der Waals surface area contributed by atoms with Gasteiger partial charge in [-0.2, -0.15) is 0 Å². The van der Waals surface area contributed by atoms with Crippen molar-refractivity contribution in [1.29, 1.82) is 0 Å². The number of halogens is 2. The number of hydrogen-bond donors (Lipinski definition) is 0. The topological polar surface area (TPSA) is 56.0 Å². The molecule has 0 saturated carbocycles. The zero-order chi connectivity index (χ0) is 11.8. The van der Waals surface area contributed by atoms with Gasteiger partial charge in [-0.3, -0.25) is 9.38 Å². The molecule has 0 N–H and O–H groups in total. The summed E-state index contributed by atoms with van der Waals surface area (Å²) in [5.74, 6) is 0.608. The molecule has 0 aliphatic carbocycles. The molecular formula is C10H5Cl2N5. The van der Waals surface area contributed by atoms with Crippen molar-refractivity contribution in [1.82, 2.24) is 24.6 Å². The predicted octanol–water partition coefficient (Wildman–Crippen LogP) is 2.49. The van der Waals surface area contributed by atoms with Crippen molar-refractivity contribution in [2.45, 2.75) is 0 Å². The Morgan fingerprint density at radius 2 is 2.00 bits per heavy atom. The molecule has 84 valence electrons. The van der Waals surface area contributed by atoms with Crippen molar-refractivity contribution in [3.8, 4) is 11.4 Å². The quantitative estimate of drug-likeness (QED) is 0.679. The summed E-state index contributed by atoms with van der Waals surface area (Å²) in [4.78, 5) is 7.86. The van der Waals surface area contributed by atoms with Crippen LogP contribution in [-0.4, -0.2) is 24.6 Å². The molecule has 0 unspecified atom stereocenters. The van der Waals surface area contributed by atoms with E-state index in [-0.39, 0.29) is 0 Å². The molecule has 0 aliphatic rings. The van der Waals surface area contributed by atoms with Crippen LogP contribution >= 0.6 is 23.2 Å². The first-order valence-corrected chi connectivity index (χ1v) is 5.48. The predicted molar refractivity (Wildman–Crippen MR) is 64.0 cm³/mol. The fourth-order valence-electron chi connectivity index (χ4n) is 1.54. The maximum Gasteiger partial charge on any atom is 0.198 e. The highest BCUT2D eigenvalue weighted by Gasteiger charge is 2.13. The average molecular weight is 266 g/mol. The number of nitrogens with zero attached hydrogens (tertiary/aromatic N) is 5. The van der Waals surface area contributed by atoms with Gasteiger partial charge in [0.05, 0.1) is 5.02 Å². The van der Waals surface area contributed by atoms with Crippen LogP contribution in [0.2, 0.25) is 10.2 Å². The molecule has 0 amide bonds. The first kappa shape index (κ1) is 10.4. The maximum atomic E-state index is 6.06. The van der Waals surface area contributed by atoms with Crippen LogP contribution in [0.4, 0.5) is 0 Å². The van der Waals surface area contributed by atoms with Gasteiger partial charge in [0.15, 0.2) is 16.6 Å². The van der Waals surface area contributed by atoms with Gasteiger partial charge in [0.2, 0.25) is 0 Å². The van der Waals surface area contributed by atoms with E-state index >= 15 is 0 Å². The van der Waals surface area contributed by atoms with E-state index < -0.39 is 0 Å². The minimum atomic E-state index is 0.302. The van der Waals surface area contributed by atoms with E-state index in [4.69, 9.17) is 23.2 Å². The molecule has 7 heteroatoms. The van der Waals surface area contributed by atoms with Gasteiger partial charge in [-0.25, -0.2) is 4.98 Å². The summed E-state index contributed by atoms with van der Waals surface area (Å²) in [7, 11) is 0. The number of fused-ring (bicyclic) bond motifs is 1. The molecule has 3 rings (SSSR count). The van der Waals surface area contributed by atoms with Gasteiger partial charge in [-0.15, -0.1) is 10.2 Å². The molecule has 0 spiro atoms. The normalized spacial score (nSPS) is 10.9. The molecule has 0 saturated heterocycles. The van der Waals surface area contributed by atoms with Crippen LogP contribution in [0.15, 0.2) is 30.9 Å². The summed E-state index contributed by atoms with van der Waals surface area (Å²) < 4.78 is 1.73. The summed E-state index contributed by atoms with van der Waals surface area (Å²) in [5, 5.41) is 8.85. The zero-order valence-electron chi connectivity index (χ0n) is 8.38.